The summed E-state index contributed by atoms with van der Waals surface area (Å²) in [6.07, 6.45) is -3.78. The predicted octanol–water partition coefficient (Wildman–Crippen LogP) is 6.89. The third-order valence-electron chi connectivity index (χ3n) is 5.61. The molecule has 1 N–H and O–H groups in total. The van der Waals surface area contributed by atoms with Crippen molar-refractivity contribution in [3.63, 3.8) is 0 Å². The largest absolute Gasteiger partial charge is 0.488 e. The first-order valence-electron chi connectivity index (χ1n) is 11.1. The number of benzene rings is 4. The molecule has 0 aliphatic heterocycles. The minimum atomic E-state index is -4.98. The molecule has 0 spiro atoms. The van der Waals surface area contributed by atoms with Gasteiger partial charge in [0.25, 0.3) is 11.6 Å². The van der Waals surface area contributed by atoms with Crippen molar-refractivity contribution in [2.24, 2.45) is 0 Å². The average Bonchev–Trinajstić information content (AvgIpc) is 2.90. The molecular weight excluding hydrogens is 499 g/mol. The number of rotatable bonds is 7. The van der Waals surface area contributed by atoms with Crippen molar-refractivity contribution < 1.29 is 27.6 Å². The Labute approximate surface area is 214 Å². The molecule has 190 valence electrons. The minimum Gasteiger partial charge on any atom is -0.488 e. The molecule has 0 radical (unpaired) electrons. The van der Waals surface area contributed by atoms with Crippen LogP contribution in [-0.4, -0.2) is 10.8 Å². The van der Waals surface area contributed by atoms with E-state index in [1.54, 1.807) is 30.3 Å². The second kappa shape index (κ2) is 10.8. The Hall–Kier alpha value is -5.17. The van der Waals surface area contributed by atoms with Gasteiger partial charge in [-0.05, 0) is 34.5 Å². The van der Waals surface area contributed by atoms with Crippen LogP contribution in [0.3, 0.4) is 0 Å². The second-order valence-electron chi connectivity index (χ2n) is 8.07. The number of carbonyl (C=O) groups is 1. The van der Waals surface area contributed by atoms with E-state index in [4.69, 9.17) is 4.74 Å². The van der Waals surface area contributed by atoms with Crippen molar-refractivity contribution in [2.45, 2.75) is 12.8 Å². The van der Waals surface area contributed by atoms with Crippen molar-refractivity contribution in [1.82, 2.24) is 0 Å². The van der Waals surface area contributed by atoms with Crippen LogP contribution in [0.1, 0.15) is 16.7 Å². The highest BCUT2D eigenvalue weighted by Crippen LogP contribution is 2.37. The molecule has 7 nitrogen and oxygen atoms in total. The molecule has 1 amide bonds. The fourth-order valence-electron chi connectivity index (χ4n) is 3.79. The van der Waals surface area contributed by atoms with Crippen LogP contribution in [0.15, 0.2) is 90.5 Å². The number of halogens is 3. The van der Waals surface area contributed by atoms with E-state index in [-0.39, 0.29) is 6.61 Å². The van der Waals surface area contributed by atoms with E-state index < -0.39 is 39.5 Å². The standard InChI is InChI=1S/C28H18F3N3O4/c29-28(30,31)24-15-22(34(36)37)12-13-25(24)33-27(35)21(16-32)14-19-7-2-4-11-26(19)38-17-20-9-5-8-18-6-1-3-10-23(18)20/h1-15H,17H2,(H,33,35)/b21-14+. The summed E-state index contributed by atoms with van der Waals surface area (Å²) in [6.45, 7) is 0.192. The second-order valence-corrected chi connectivity index (χ2v) is 8.07. The van der Waals surface area contributed by atoms with E-state index in [1.807, 2.05) is 47.8 Å². The van der Waals surface area contributed by atoms with E-state index >= 15 is 0 Å². The molecule has 38 heavy (non-hydrogen) atoms. The fourth-order valence-corrected chi connectivity index (χ4v) is 3.79. The first-order chi connectivity index (χ1) is 18.2. The Bertz CT molecular complexity index is 1600. The van der Waals surface area contributed by atoms with E-state index in [1.165, 1.54) is 6.08 Å². The highest BCUT2D eigenvalue weighted by atomic mass is 19.4. The number of non-ortho nitro benzene ring substituents is 1. The molecule has 4 rings (SSSR count). The SMILES string of the molecule is N#C/C(=C\c1ccccc1OCc1cccc2ccccc12)C(=O)Nc1ccc([N+](=O)[O-])cc1C(F)(F)F. The van der Waals surface area contributed by atoms with Gasteiger partial charge in [-0.25, -0.2) is 0 Å². The van der Waals surface area contributed by atoms with Gasteiger partial charge in [-0.1, -0.05) is 60.7 Å². The molecule has 0 aliphatic rings. The van der Waals surface area contributed by atoms with Crippen LogP contribution in [0, 0.1) is 21.4 Å². The van der Waals surface area contributed by atoms with Gasteiger partial charge in [-0.15, -0.1) is 0 Å². The zero-order chi connectivity index (χ0) is 27.3. The third-order valence-corrected chi connectivity index (χ3v) is 5.61. The molecule has 0 aliphatic carbocycles. The van der Waals surface area contributed by atoms with Crippen LogP contribution in [0.25, 0.3) is 16.8 Å². The Kier molecular flexibility index (Phi) is 7.39. The van der Waals surface area contributed by atoms with Gasteiger partial charge in [0.05, 0.1) is 16.2 Å². The number of para-hydroxylation sites is 1. The third kappa shape index (κ3) is 5.79. The van der Waals surface area contributed by atoms with Crippen LogP contribution in [0.5, 0.6) is 5.75 Å². The molecule has 0 unspecified atom stereocenters. The molecule has 0 saturated carbocycles. The number of nitro benzene ring substituents is 1. The number of anilines is 1. The zero-order valence-electron chi connectivity index (χ0n) is 19.5. The summed E-state index contributed by atoms with van der Waals surface area (Å²) in [5.41, 5.74) is -2.12. The lowest BCUT2D eigenvalue weighted by Gasteiger charge is -2.14. The number of nitrogens with zero attached hydrogens (tertiary/aromatic N) is 2. The molecular formula is C28H18F3N3O4. The number of hydrogen-bond donors (Lipinski definition) is 1. The summed E-state index contributed by atoms with van der Waals surface area (Å²) >= 11 is 0. The summed E-state index contributed by atoms with van der Waals surface area (Å²) in [4.78, 5) is 22.7. The Balaban J connectivity index is 1.59. The van der Waals surface area contributed by atoms with E-state index in [0.29, 0.717) is 17.4 Å². The number of nitro groups is 1. The van der Waals surface area contributed by atoms with Crippen LogP contribution in [-0.2, 0) is 17.6 Å². The number of alkyl halides is 3. The van der Waals surface area contributed by atoms with Crippen molar-refractivity contribution in [3.05, 3.63) is 117 Å². The van der Waals surface area contributed by atoms with E-state index in [2.05, 4.69) is 0 Å². The monoisotopic (exact) mass is 517 g/mol. The number of nitriles is 1. The van der Waals surface area contributed by atoms with Gasteiger partial charge in [0.1, 0.15) is 24.0 Å². The summed E-state index contributed by atoms with van der Waals surface area (Å²) in [5, 5.41) is 24.5. The lowest BCUT2D eigenvalue weighted by molar-refractivity contribution is -0.385. The molecule has 4 aromatic carbocycles. The van der Waals surface area contributed by atoms with Gasteiger partial charge in [0, 0.05) is 17.7 Å². The number of fused-ring (bicyclic) bond motifs is 1. The summed E-state index contributed by atoms with van der Waals surface area (Å²) < 4.78 is 46.4. The number of carbonyl (C=O) groups excluding carboxylic acids is 1. The molecule has 0 heterocycles. The number of ether oxygens (including phenoxy) is 1. The Morgan fingerprint density at radius 3 is 2.47 bits per heavy atom. The predicted molar refractivity (Wildman–Crippen MR) is 135 cm³/mol. The molecule has 10 heteroatoms. The van der Waals surface area contributed by atoms with Crippen LogP contribution in [0.4, 0.5) is 24.5 Å². The average molecular weight is 517 g/mol. The van der Waals surface area contributed by atoms with Gasteiger partial charge >= 0.3 is 6.18 Å². The van der Waals surface area contributed by atoms with E-state index in [9.17, 15) is 33.3 Å². The molecule has 0 aromatic heterocycles. The van der Waals surface area contributed by atoms with Crippen LogP contribution in [0.2, 0.25) is 0 Å². The first kappa shape index (κ1) is 25.9. The van der Waals surface area contributed by atoms with Crippen molar-refractivity contribution >= 4 is 34.1 Å². The summed E-state index contributed by atoms with van der Waals surface area (Å²) in [7, 11) is 0. The Morgan fingerprint density at radius 1 is 1.03 bits per heavy atom. The highest BCUT2D eigenvalue weighted by molar-refractivity contribution is 6.10. The maximum Gasteiger partial charge on any atom is 0.418 e. The number of nitrogens with one attached hydrogen (secondary N) is 1. The van der Waals surface area contributed by atoms with E-state index in [0.717, 1.165) is 28.5 Å². The van der Waals surface area contributed by atoms with Crippen LogP contribution < -0.4 is 10.1 Å². The lowest BCUT2D eigenvalue weighted by Crippen LogP contribution is -2.18. The van der Waals surface area contributed by atoms with Crippen molar-refractivity contribution in [2.75, 3.05) is 5.32 Å². The molecule has 0 fully saturated rings. The normalized spacial score (nSPS) is 11.6. The zero-order valence-corrected chi connectivity index (χ0v) is 19.5. The molecule has 0 bridgehead atoms. The van der Waals surface area contributed by atoms with Gasteiger partial charge < -0.3 is 10.1 Å². The smallest absolute Gasteiger partial charge is 0.418 e. The Morgan fingerprint density at radius 2 is 1.74 bits per heavy atom. The van der Waals surface area contributed by atoms with Crippen molar-refractivity contribution in [1.29, 1.82) is 5.26 Å². The van der Waals surface area contributed by atoms with Crippen LogP contribution >= 0.6 is 0 Å². The number of hydrogen-bond acceptors (Lipinski definition) is 5. The molecule has 0 atom stereocenters. The highest BCUT2D eigenvalue weighted by Gasteiger charge is 2.36. The first-order valence-corrected chi connectivity index (χ1v) is 11.1. The van der Waals surface area contributed by atoms with Gasteiger partial charge in [-0.2, -0.15) is 18.4 Å². The van der Waals surface area contributed by atoms with Gasteiger partial charge in [-0.3, -0.25) is 14.9 Å². The topological polar surface area (TPSA) is 105 Å². The summed E-state index contributed by atoms with van der Waals surface area (Å²) in [5.74, 6) is -0.761. The maximum atomic E-state index is 13.5. The lowest BCUT2D eigenvalue weighted by atomic mass is 10.1. The quantitative estimate of drug-likeness (QED) is 0.124. The fraction of sp³-hybridized carbons (Fsp3) is 0.0714. The van der Waals surface area contributed by atoms with Crippen molar-refractivity contribution in [3.8, 4) is 11.8 Å². The molecule has 0 saturated heterocycles. The summed E-state index contributed by atoms with van der Waals surface area (Å²) in [6, 6.07) is 23.8. The van der Waals surface area contributed by atoms with Gasteiger partial charge in [0.2, 0.25) is 0 Å². The minimum absolute atomic E-state index is 0.192. The maximum absolute atomic E-state index is 13.5. The van der Waals surface area contributed by atoms with Gasteiger partial charge in [0.15, 0.2) is 0 Å². The number of amides is 1. The molecule has 4 aromatic rings.